The molecule has 0 radical (unpaired) electrons. The van der Waals surface area contributed by atoms with Gasteiger partial charge in [0.1, 0.15) is 11.3 Å². The maximum absolute atomic E-state index is 12.3. The Hall–Kier alpha value is -3.29. The molecule has 0 unspecified atom stereocenters. The van der Waals surface area contributed by atoms with Crippen LogP contribution in [0.25, 0.3) is 12.2 Å². The Morgan fingerprint density at radius 3 is 2.10 bits per heavy atom. The summed E-state index contributed by atoms with van der Waals surface area (Å²) < 4.78 is 38.9. The minimum absolute atomic E-state index is 0.0347. The number of alkyl halides is 3. The van der Waals surface area contributed by atoms with E-state index in [1.54, 1.807) is 5.32 Å². The van der Waals surface area contributed by atoms with E-state index in [0.29, 0.717) is 23.5 Å². The van der Waals surface area contributed by atoms with Gasteiger partial charge >= 0.3 is 12.1 Å². The van der Waals surface area contributed by atoms with Crippen molar-refractivity contribution in [3.63, 3.8) is 0 Å². The zero-order chi connectivity index (χ0) is 21.8. The van der Waals surface area contributed by atoms with E-state index < -0.39 is 12.1 Å². The van der Waals surface area contributed by atoms with Gasteiger partial charge in [0.2, 0.25) is 0 Å². The van der Waals surface area contributed by atoms with Crippen molar-refractivity contribution in [2.75, 3.05) is 10.6 Å². The molecular weight excluding hydrogens is 381 g/mol. The molecule has 154 valence electrons. The lowest BCUT2D eigenvalue weighted by Gasteiger charge is -2.11. The van der Waals surface area contributed by atoms with Crippen LogP contribution in [0.15, 0.2) is 53.8 Å². The van der Waals surface area contributed by atoms with Crippen LogP contribution in [0.4, 0.5) is 24.5 Å². The van der Waals surface area contributed by atoms with E-state index in [9.17, 15) is 18.0 Å². The Morgan fingerprint density at radius 1 is 1.07 bits per heavy atom. The van der Waals surface area contributed by atoms with Gasteiger partial charge in [-0.2, -0.15) is 13.2 Å². The third kappa shape index (κ3) is 5.60. The number of nitrogens with one attached hydrogen (secondary N) is 2. The van der Waals surface area contributed by atoms with Gasteiger partial charge in [0, 0.05) is 28.5 Å². The second-order valence-corrected chi connectivity index (χ2v) is 6.52. The molecule has 2 N–H and O–H groups in total. The monoisotopic (exact) mass is 404 g/mol. The van der Waals surface area contributed by atoms with Gasteiger partial charge < -0.3 is 15.2 Å². The molecule has 1 aromatic heterocycles. The molecule has 0 bridgehead atoms. The lowest BCUT2D eigenvalue weighted by molar-refractivity contribution is -0.167. The Morgan fingerprint density at radius 2 is 1.62 bits per heavy atom. The number of anilines is 2. The summed E-state index contributed by atoms with van der Waals surface area (Å²) >= 11 is 0. The number of pyridine rings is 1. The molecule has 5 nitrogen and oxygen atoms in total. The van der Waals surface area contributed by atoms with Gasteiger partial charge in [-0.3, -0.25) is 4.79 Å². The number of hydrogen-bond donors (Lipinski definition) is 2. The highest BCUT2D eigenvalue weighted by Gasteiger charge is 2.38. The molecule has 0 aliphatic carbocycles. The molecule has 0 saturated carbocycles. The van der Waals surface area contributed by atoms with Crippen LogP contribution in [0.5, 0.6) is 0 Å². The molecule has 2 rings (SSSR count). The summed E-state index contributed by atoms with van der Waals surface area (Å²) in [7, 11) is 0. The van der Waals surface area contributed by atoms with E-state index in [4.69, 9.17) is 0 Å². The third-order valence-electron chi connectivity index (χ3n) is 4.07. The highest BCUT2D eigenvalue weighted by atomic mass is 19.4. The normalized spacial score (nSPS) is 11.9. The maximum Gasteiger partial charge on any atom is 0.471 e. The van der Waals surface area contributed by atoms with Crippen LogP contribution in [0, 0.1) is 0 Å². The fourth-order valence-electron chi connectivity index (χ4n) is 2.65. The summed E-state index contributed by atoms with van der Waals surface area (Å²) in [6.07, 6.45) is -4.94. The molecule has 0 spiro atoms. The molecule has 0 fully saturated rings. The van der Waals surface area contributed by atoms with Gasteiger partial charge in [-0.1, -0.05) is 18.7 Å². The number of amides is 1. The van der Waals surface area contributed by atoms with E-state index >= 15 is 0 Å². The van der Waals surface area contributed by atoms with Gasteiger partial charge in [-0.25, -0.2) is 4.99 Å². The second-order valence-electron chi connectivity index (χ2n) is 6.52. The summed E-state index contributed by atoms with van der Waals surface area (Å²) in [4.78, 5) is 15.6. The van der Waals surface area contributed by atoms with Gasteiger partial charge in [-0.15, -0.1) is 0 Å². The van der Waals surface area contributed by atoms with E-state index in [2.05, 4.69) is 23.5 Å². The van der Waals surface area contributed by atoms with Gasteiger partial charge in [0.15, 0.2) is 0 Å². The molecule has 1 aromatic carbocycles. The molecule has 0 atom stereocenters. The van der Waals surface area contributed by atoms with Crippen LogP contribution in [0.1, 0.15) is 20.8 Å². The van der Waals surface area contributed by atoms with Crippen LogP contribution in [0.3, 0.4) is 0 Å². The van der Waals surface area contributed by atoms with Crippen molar-refractivity contribution in [3.05, 3.63) is 64.9 Å². The van der Waals surface area contributed by atoms with E-state index in [1.807, 2.05) is 37.5 Å². The van der Waals surface area contributed by atoms with Crippen LogP contribution < -0.4 is 26.7 Å². The summed E-state index contributed by atoms with van der Waals surface area (Å²) in [5.74, 6) is -1.67. The highest BCUT2D eigenvalue weighted by Crippen LogP contribution is 2.20. The first-order chi connectivity index (χ1) is 13.5. The van der Waals surface area contributed by atoms with E-state index in [-0.39, 0.29) is 5.69 Å². The summed E-state index contributed by atoms with van der Waals surface area (Å²) in [6, 6.07) is 9.64. The largest absolute Gasteiger partial charge is 0.471 e. The maximum atomic E-state index is 12.3. The number of carbonyl (C=O) groups is 1. The van der Waals surface area contributed by atoms with Crippen LogP contribution in [0.2, 0.25) is 0 Å². The zero-order valence-electron chi connectivity index (χ0n) is 16.5. The van der Waals surface area contributed by atoms with Crippen molar-refractivity contribution < 1.29 is 18.0 Å². The van der Waals surface area contributed by atoms with Crippen LogP contribution in [-0.4, -0.2) is 16.7 Å². The molecule has 1 heterocycles. The first-order valence-corrected chi connectivity index (χ1v) is 8.88. The average molecular weight is 404 g/mol. The summed E-state index contributed by atoms with van der Waals surface area (Å²) in [6.45, 7) is 14.6. The quantitative estimate of drug-likeness (QED) is 0.805. The number of aromatic nitrogens is 1. The van der Waals surface area contributed by atoms with E-state index in [0.717, 1.165) is 16.1 Å². The number of rotatable bonds is 5. The standard InChI is InChI=1S/C21H23F3N4O/c1-6-28-14(4)7-12-18(13(2)3)19(28)26-15(5)25-16-8-10-17(11-9-16)27-20(29)21(22,23)24/h7-12,25H,4-6H2,1-3H3,(H,27,29)/b26-19+. The molecule has 0 saturated heterocycles. The lowest BCUT2D eigenvalue weighted by atomic mass is 10.2. The number of nitrogens with zero attached hydrogens (tertiary/aromatic N) is 2. The minimum atomic E-state index is -4.94. The topological polar surface area (TPSA) is 58.4 Å². The van der Waals surface area contributed by atoms with Gasteiger partial charge in [-0.05, 0) is 57.2 Å². The van der Waals surface area contributed by atoms with Gasteiger partial charge in [0.05, 0.1) is 0 Å². The van der Waals surface area contributed by atoms with Crippen molar-refractivity contribution >= 4 is 29.4 Å². The van der Waals surface area contributed by atoms with Gasteiger partial charge in [0.25, 0.3) is 0 Å². The first-order valence-electron chi connectivity index (χ1n) is 8.88. The van der Waals surface area contributed by atoms with E-state index in [1.165, 1.54) is 24.3 Å². The molecular formula is C21H23F3N4O. The van der Waals surface area contributed by atoms with Crippen molar-refractivity contribution in [2.45, 2.75) is 33.5 Å². The molecule has 0 aliphatic rings. The Labute approximate surface area is 166 Å². The number of benzene rings is 1. The van der Waals surface area contributed by atoms with Crippen LogP contribution >= 0.6 is 0 Å². The minimum Gasteiger partial charge on any atom is -0.341 e. The van der Waals surface area contributed by atoms with Crippen LogP contribution in [-0.2, 0) is 11.3 Å². The molecule has 29 heavy (non-hydrogen) atoms. The average Bonchev–Trinajstić information content (AvgIpc) is 2.62. The first kappa shape index (κ1) is 22.0. The predicted molar refractivity (Wildman–Crippen MR) is 109 cm³/mol. The smallest absolute Gasteiger partial charge is 0.341 e. The third-order valence-corrected chi connectivity index (χ3v) is 4.07. The highest BCUT2D eigenvalue weighted by molar-refractivity contribution is 5.95. The summed E-state index contributed by atoms with van der Waals surface area (Å²) in [5, 5.41) is 6.57. The molecule has 1 amide bonds. The fourth-order valence-corrected chi connectivity index (χ4v) is 2.65. The van der Waals surface area contributed by atoms with Crippen molar-refractivity contribution in [1.29, 1.82) is 0 Å². The number of carbonyl (C=O) groups excluding carboxylic acids is 1. The SMILES string of the molecule is C=C(/N=c1\c(=C(C)C)ccc(=C)n1CC)Nc1ccc(NC(=O)C(F)(F)F)cc1. The fraction of sp³-hybridized carbons (Fsp3) is 0.238. The molecule has 2 aromatic rings. The lowest BCUT2D eigenvalue weighted by Crippen LogP contribution is -2.43. The Bertz CT molecular complexity index is 1090. The summed E-state index contributed by atoms with van der Waals surface area (Å²) in [5.41, 5.74) is 2.40. The number of hydrogen-bond acceptors (Lipinski definition) is 3. The molecule has 8 heteroatoms. The molecule has 0 aliphatic heterocycles. The second kappa shape index (κ2) is 8.81. The predicted octanol–water partition coefficient (Wildman–Crippen LogP) is 3.09. The Kier molecular flexibility index (Phi) is 6.68. The Balaban J connectivity index is 2.29. The number of halogens is 3. The van der Waals surface area contributed by atoms with Crippen molar-refractivity contribution in [1.82, 2.24) is 4.57 Å². The zero-order valence-corrected chi connectivity index (χ0v) is 16.5. The van der Waals surface area contributed by atoms with Crippen molar-refractivity contribution in [3.8, 4) is 0 Å². The van der Waals surface area contributed by atoms with Crippen molar-refractivity contribution in [2.24, 2.45) is 4.99 Å².